The molecule has 1 aromatic heterocycles. The first kappa shape index (κ1) is 10.5. The number of guanidine groups is 1. The van der Waals surface area contributed by atoms with Gasteiger partial charge in [0.05, 0.1) is 0 Å². The summed E-state index contributed by atoms with van der Waals surface area (Å²) >= 11 is 1.77. The largest absolute Gasteiger partial charge is 0.370 e. The molecule has 0 amide bonds. The number of nitrogens with zero attached hydrogens (tertiary/aromatic N) is 1. The number of thiophene rings is 1. The van der Waals surface area contributed by atoms with Crippen LogP contribution in [-0.2, 0) is 6.42 Å². The molecule has 1 saturated carbocycles. The molecule has 1 aliphatic carbocycles. The lowest BCUT2D eigenvalue weighted by molar-refractivity contribution is 0.800. The van der Waals surface area contributed by atoms with Crippen LogP contribution < -0.4 is 11.1 Å². The first-order chi connectivity index (χ1) is 7.25. The monoisotopic (exact) mass is 223 g/mol. The highest BCUT2D eigenvalue weighted by atomic mass is 32.1. The van der Waals surface area contributed by atoms with Crippen LogP contribution in [0.2, 0.25) is 0 Å². The molecule has 2 unspecified atom stereocenters. The van der Waals surface area contributed by atoms with Gasteiger partial charge in [0, 0.05) is 23.9 Å². The molecule has 3 nitrogen and oxygen atoms in total. The molecule has 2 atom stereocenters. The lowest BCUT2D eigenvalue weighted by atomic mass is 10.3. The Morgan fingerprint density at radius 3 is 3.13 bits per heavy atom. The summed E-state index contributed by atoms with van der Waals surface area (Å²) in [5, 5.41) is 5.30. The highest BCUT2D eigenvalue weighted by Gasteiger charge is 2.32. The van der Waals surface area contributed by atoms with Crippen LogP contribution in [0, 0.1) is 5.92 Å². The molecule has 0 bridgehead atoms. The van der Waals surface area contributed by atoms with Gasteiger partial charge in [0.15, 0.2) is 5.96 Å². The highest BCUT2D eigenvalue weighted by Crippen LogP contribution is 2.28. The second kappa shape index (κ2) is 4.66. The van der Waals surface area contributed by atoms with Crippen LogP contribution in [0.4, 0.5) is 0 Å². The molecular formula is C11H17N3S. The van der Waals surface area contributed by atoms with E-state index in [1.165, 1.54) is 11.3 Å². The molecule has 0 saturated heterocycles. The molecule has 0 aliphatic heterocycles. The predicted octanol–water partition coefficient (Wildman–Crippen LogP) is 1.60. The van der Waals surface area contributed by atoms with Gasteiger partial charge in [-0.1, -0.05) is 13.0 Å². The summed E-state index contributed by atoms with van der Waals surface area (Å²) in [6.45, 7) is 3.00. The predicted molar refractivity (Wildman–Crippen MR) is 65.2 cm³/mol. The zero-order valence-corrected chi connectivity index (χ0v) is 9.76. The Bertz CT molecular complexity index is 332. The van der Waals surface area contributed by atoms with Crippen LogP contribution in [-0.4, -0.2) is 18.5 Å². The van der Waals surface area contributed by atoms with E-state index in [9.17, 15) is 0 Å². The van der Waals surface area contributed by atoms with E-state index >= 15 is 0 Å². The van der Waals surface area contributed by atoms with E-state index in [1.54, 1.807) is 11.3 Å². The van der Waals surface area contributed by atoms with Crippen molar-refractivity contribution < 1.29 is 0 Å². The molecule has 4 heteroatoms. The SMILES string of the molecule is CC1CC1NC(N)=NCCc1cccs1. The molecule has 1 aliphatic rings. The fraction of sp³-hybridized carbons (Fsp3) is 0.545. The molecule has 2 rings (SSSR count). The van der Waals surface area contributed by atoms with Crippen molar-refractivity contribution in [1.29, 1.82) is 0 Å². The summed E-state index contributed by atoms with van der Waals surface area (Å²) in [5.41, 5.74) is 5.76. The van der Waals surface area contributed by atoms with Crippen LogP contribution >= 0.6 is 11.3 Å². The van der Waals surface area contributed by atoms with Gasteiger partial charge >= 0.3 is 0 Å². The number of nitrogens with one attached hydrogen (secondary N) is 1. The Balaban J connectivity index is 1.69. The van der Waals surface area contributed by atoms with Crippen molar-refractivity contribution in [3.8, 4) is 0 Å². The minimum Gasteiger partial charge on any atom is -0.370 e. The molecule has 0 radical (unpaired) electrons. The summed E-state index contributed by atoms with van der Waals surface area (Å²) in [6, 6.07) is 4.76. The Morgan fingerprint density at radius 1 is 1.73 bits per heavy atom. The van der Waals surface area contributed by atoms with Crippen molar-refractivity contribution in [2.75, 3.05) is 6.54 Å². The fourth-order valence-electron chi connectivity index (χ4n) is 1.50. The van der Waals surface area contributed by atoms with Crippen LogP contribution in [0.1, 0.15) is 18.2 Å². The van der Waals surface area contributed by atoms with Crippen molar-refractivity contribution in [1.82, 2.24) is 5.32 Å². The Hall–Kier alpha value is -1.03. The van der Waals surface area contributed by atoms with Gasteiger partial charge in [-0.3, -0.25) is 4.99 Å². The lowest BCUT2D eigenvalue weighted by Gasteiger charge is -2.03. The van der Waals surface area contributed by atoms with Crippen LogP contribution in [0.3, 0.4) is 0 Å². The summed E-state index contributed by atoms with van der Waals surface area (Å²) in [7, 11) is 0. The van der Waals surface area contributed by atoms with Gasteiger partial charge in [0.1, 0.15) is 0 Å². The van der Waals surface area contributed by atoms with Gasteiger partial charge in [-0.2, -0.15) is 0 Å². The maximum absolute atomic E-state index is 5.76. The van der Waals surface area contributed by atoms with Gasteiger partial charge < -0.3 is 11.1 Å². The van der Waals surface area contributed by atoms with Crippen molar-refractivity contribution in [2.24, 2.45) is 16.6 Å². The van der Waals surface area contributed by atoms with Crippen molar-refractivity contribution in [3.05, 3.63) is 22.4 Å². The number of hydrogen-bond acceptors (Lipinski definition) is 2. The van der Waals surface area contributed by atoms with Gasteiger partial charge in [0.2, 0.25) is 0 Å². The molecule has 1 aromatic rings. The highest BCUT2D eigenvalue weighted by molar-refractivity contribution is 7.09. The fourth-order valence-corrected chi connectivity index (χ4v) is 2.20. The molecule has 1 fully saturated rings. The standard InChI is InChI=1S/C11H17N3S/c1-8-7-10(8)14-11(12)13-5-4-9-3-2-6-15-9/h2-3,6,8,10H,4-5,7H2,1H3,(H3,12,13,14). The van der Waals surface area contributed by atoms with Crippen LogP contribution in [0.15, 0.2) is 22.5 Å². The van der Waals surface area contributed by atoms with E-state index < -0.39 is 0 Å². The zero-order valence-electron chi connectivity index (χ0n) is 8.94. The van der Waals surface area contributed by atoms with Crippen molar-refractivity contribution in [2.45, 2.75) is 25.8 Å². The molecule has 3 N–H and O–H groups in total. The van der Waals surface area contributed by atoms with E-state index in [0.717, 1.165) is 18.9 Å². The maximum Gasteiger partial charge on any atom is 0.188 e. The Morgan fingerprint density at radius 2 is 2.53 bits per heavy atom. The van der Waals surface area contributed by atoms with E-state index in [2.05, 4.69) is 34.7 Å². The average molecular weight is 223 g/mol. The maximum atomic E-state index is 5.76. The van der Waals surface area contributed by atoms with Gasteiger partial charge in [-0.05, 0) is 23.8 Å². The third-order valence-corrected chi connectivity index (χ3v) is 3.60. The first-order valence-corrected chi connectivity index (χ1v) is 6.22. The topological polar surface area (TPSA) is 50.4 Å². The second-order valence-electron chi connectivity index (χ2n) is 4.06. The van der Waals surface area contributed by atoms with E-state index in [0.29, 0.717) is 12.0 Å². The van der Waals surface area contributed by atoms with Crippen LogP contribution in [0.25, 0.3) is 0 Å². The third-order valence-electron chi connectivity index (χ3n) is 2.66. The minimum absolute atomic E-state index is 0.565. The number of rotatable bonds is 4. The van der Waals surface area contributed by atoms with Gasteiger partial charge in [0.25, 0.3) is 0 Å². The van der Waals surface area contributed by atoms with Crippen LogP contribution in [0.5, 0.6) is 0 Å². The average Bonchev–Trinajstić information content (AvgIpc) is 2.68. The third kappa shape index (κ3) is 3.23. The summed E-state index contributed by atoms with van der Waals surface area (Å²) < 4.78 is 0. The number of hydrogen-bond donors (Lipinski definition) is 2. The number of nitrogens with two attached hydrogens (primary N) is 1. The molecule has 0 aromatic carbocycles. The molecular weight excluding hydrogens is 206 g/mol. The van der Waals surface area contributed by atoms with Crippen molar-refractivity contribution >= 4 is 17.3 Å². The van der Waals surface area contributed by atoms with E-state index in [1.807, 2.05) is 0 Å². The lowest BCUT2D eigenvalue weighted by Crippen LogP contribution is -2.34. The van der Waals surface area contributed by atoms with Gasteiger partial charge in [-0.25, -0.2) is 0 Å². The van der Waals surface area contributed by atoms with E-state index in [-0.39, 0.29) is 0 Å². The summed E-state index contributed by atoms with van der Waals surface area (Å²) in [6.07, 6.45) is 2.21. The van der Waals surface area contributed by atoms with E-state index in [4.69, 9.17) is 5.73 Å². The summed E-state index contributed by atoms with van der Waals surface area (Å²) in [4.78, 5) is 5.67. The first-order valence-electron chi connectivity index (χ1n) is 5.34. The zero-order chi connectivity index (χ0) is 10.7. The normalized spacial score (nSPS) is 25.3. The Labute approximate surface area is 94.4 Å². The molecule has 15 heavy (non-hydrogen) atoms. The minimum atomic E-state index is 0.565. The van der Waals surface area contributed by atoms with Crippen molar-refractivity contribution in [3.63, 3.8) is 0 Å². The second-order valence-corrected chi connectivity index (χ2v) is 5.09. The summed E-state index contributed by atoms with van der Waals surface area (Å²) in [5.74, 6) is 1.36. The molecule has 82 valence electrons. The smallest absolute Gasteiger partial charge is 0.188 e. The molecule has 0 spiro atoms. The number of aliphatic imine (C=N–C) groups is 1. The quantitative estimate of drug-likeness (QED) is 0.602. The molecule has 1 heterocycles. The van der Waals surface area contributed by atoms with Gasteiger partial charge in [-0.15, -0.1) is 11.3 Å². The Kier molecular flexibility index (Phi) is 3.26.